The van der Waals surface area contributed by atoms with Gasteiger partial charge < -0.3 is 4.74 Å². The van der Waals surface area contributed by atoms with Crippen molar-refractivity contribution in [3.05, 3.63) is 113 Å². The Hall–Kier alpha value is -2.64. The molecule has 1 saturated heterocycles. The maximum absolute atomic E-state index is 5.93. The van der Waals surface area contributed by atoms with E-state index < -0.39 is 0 Å². The molecule has 1 heteroatoms. The number of hydrogen-bond donors (Lipinski definition) is 0. The normalized spacial score (nSPS) is 19.0. The largest absolute Gasteiger partial charge is 0.380 e. The molecule has 3 aromatic rings. The van der Waals surface area contributed by atoms with Gasteiger partial charge in [0.15, 0.2) is 0 Å². The zero-order chi connectivity index (χ0) is 17.6. The van der Waals surface area contributed by atoms with E-state index in [0.717, 1.165) is 19.6 Å². The van der Waals surface area contributed by atoms with Crippen molar-refractivity contribution in [3.8, 4) is 0 Å². The zero-order valence-corrected chi connectivity index (χ0v) is 14.9. The van der Waals surface area contributed by atoms with Crippen LogP contribution in [0, 0.1) is 5.92 Å². The average Bonchev–Trinajstić information content (AvgIpc) is 2.72. The Morgan fingerprint density at radius 1 is 0.731 bits per heavy atom. The molecule has 0 unspecified atom stereocenters. The molecule has 0 spiro atoms. The lowest BCUT2D eigenvalue weighted by Gasteiger charge is -2.33. The van der Waals surface area contributed by atoms with Crippen molar-refractivity contribution >= 4 is 6.08 Å². The van der Waals surface area contributed by atoms with E-state index in [-0.39, 0.29) is 0 Å². The van der Waals surface area contributed by atoms with Crippen molar-refractivity contribution in [2.24, 2.45) is 5.92 Å². The number of benzene rings is 3. The molecule has 0 aromatic heterocycles. The first-order valence-corrected chi connectivity index (χ1v) is 9.35. The second-order valence-electron chi connectivity index (χ2n) is 6.86. The summed E-state index contributed by atoms with van der Waals surface area (Å²) < 4.78 is 5.93. The fourth-order valence-corrected chi connectivity index (χ4v) is 3.92. The van der Waals surface area contributed by atoms with E-state index in [4.69, 9.17) is 4.74 Å². The maximum atomic E-state index is 5.93. The molecule has 0 aliphatic carbocycles. The molecule has 0 bridgehead atoms. The minimum Gasteiger partial charge on any atom is -0.380 e. The first-order valence-electron chi connectivity index (χ1n) is 9.35. The van der Waals surface area contributed by atoms with Crippen molar-refractivity contribution in [3.63, 3.8) is 0 Å². The SMILES string of the molecule is C(=C1\CCOC[C@@H]1C(c1ccccc1)c1ccccc1)/c1ccccc1. The van der Waals surface area contributed by atoms with Crippen LogP contribution in [0.4, 0.5) is 0 Å². The molecule has 1 fully saturated rings. The monoisotopic (exact) mass is 340 g/mol. The van der Waals surface area contributed by atoms with E-state index in [9.17, 15) is 0 Å². The van der Waals surface area contributed by atoms with Crippen LogP contribution in [0.15, 0.2) is 96.6 Å². The van der Waals surface area contributed by atoms with Crippen LogP contribution >= 0.6 is 0 Å². The fourth-order valence-electron chi connectivity index (χ4n) is 3.92. The van der Waals surface area contributed by atoms with Crippen LogP contribution in [-0.2, 0) is 4.74 Å². The molecule has 1 nitrogen and oxygen atoms in total. The van der Waals surface area contributed by atoms with Crippen molar-refractivity contribution in [1.82, 2.24) is 0 Å². The topological polar surface area (TPSA) is 9.23 Å². The maximum Gasteiger partial charge on any atom is 0.0540 e. The van der Waals surface area contributed by atoms with Crippen LogP contribution in [0.3, 0.4) is 0 Å². The number of ether oxygens (including phenoxy) is 1. The second-order valence-corrected chi connectivity index (χ2v) is 6.86. The molecule has 1 aliphatic heterocycles. The summed E-state index contributed by atoms with van der Waals surface area (Å²) in [4.78, 5) is 0. The number of rotatable bonds is 4. The van der Waals surface area contributed by atoms with Crippen LogP contribution in [0.1, 0.15) is 29.0 Å². The molecule has 26 heavy (non-hydrogen) atoms. The Morgan fingerprint density at radius 2 is 1.27 bits per heavy atom. The fraction of sp³-hybridized carbons (Fsp3) is 0.200. The summed E-state index contributed by atoms with van der Waals surface area (Å²) in [5.74, 6) is 0.668. The van der Waals surface area contributed by atoms with Gasteiger partial charge in [-0.05, 0) is 23.1 Å². The van der Waals surface area contributed by atoms with Crippen LogP contribution in [-0.4, -0.2) is 13.2 Å². The molecule has 1 aliphatic rings. The molecule has 0 saturated carbocycles. The summed E-state index contributed by atoms with van der Waals surface area (Å²) >= 11 is 0. The standard InChI is InChI=1S/C25H24O/c1-4-10-20(11-5-1)18-23-16-17-26-19-24(23)25(21-12-6-2-7-13-21)22-14-8-3-9-15-22/h1-15,18,24-25H,16-17,19H2/b23-18-/t24-/m0/s1. The van der Waals surface area contributed by atoms with Crippen molar-refractivity contribution < 1.29 is 4.74 Å². The van der Waals surface area contributed by atoms with E-state index in [1.54, 1.807) is 0 Å². The van der Waals surface area contributed by atoms with Gasteiger partial charge in [-0.25, -0.2) is 0 Å². The summed E-state index contributed by atoms with van der Waals surface area (Å²) in [6.07, 6.45) is 3.36. The van der Waals surface area contributed by atoms with Gasteiger partial charge >= 0.3 is 0 Å². The minimum absolute atomic E-state index is 0.313. The zero-order valence-electron chi connectivity index (χ0n) is 14.9. The quantitative estimate of drug-likeness (QED) is 0.571. The molecule has 1 heterocycles. The molecule has 0 N–H and O–H groups in total. The molecule has 1 atom stereocenters. The summed E-state index contributed by atoms with van der Waals surface area (Å²) in [7, 11) is 0. The Morgan fingerprint density at radius 3 is 1.85 bits per heavy atom. The van der Waals surface area contributed by atoms with Crippen molar-refractivity contribution in [2.45, 2.75) is 12.3 Å². The Labute approximate surface area is 156 Å². The smallest absolute Gasteiger partial charge is 0.0540 e. The van der Waals surface area contributed by atoms with Crippen LogP contribution < -0.4 is 0 Å². The highest BCUT2D eigenvalue weighted by Gasteiger charge is 2.30. The number of hydrogen-bond acceptors (Lipinski definition) is 1. The lowest BCUT2D eigenvalue weighted by atomic mass is 9.75. The van der Waals surface area contributed by atoms with Crippen LogP contribution in [0.2, 0.25) is 0 Å². The van der Waals surface area contributed by atoms with Crippen LogP contribution in [0.25, 0.3) is 6.08 Å². The van der Waals surface area contributed by atoms with Gasteiger partial charge in [-0.2, -0.15) is 0 Å². The van der Waals surface area contributed by atoms with Gasteiger partial charge in [0.25, 0.3) is 0 Å². The predicted molar refractivity (Wildman–Crippen MR) is 108 cm³/mol. The summed E-state index contributed by atoms with van der Waals surface area (Å²) in [6.45, 7) is 1.58. The van der Waals surface area contributed by atoms with E-state index in [0.29, 0.717) is 11.8 Å². The molecule has 0 radical (unpaired) electrons. The predicted octanol–water partition coefficient (Wildman–Crippen LogP) is 5.94. The highest BCUT2D eigenvalue weighted by molar-refractivity contribution is 5.55. The van der Waals surface area contributed by atoms with E-state index in [1.165, 1.54) is 22.3 Å². The minimum atomic E-state index is 0.313. The van der Waals surface area contributed by atoms with Gasteiger partial charge in [-0.15, -0.1) is 0 Å². The first-order chi connectivity index (χ1) is 12.9. The Bertz CT molecular complexity index is 798. The lowest BCUT2D eigenvalue weighted by Crippen LogP contribution is -2.27. The summed E-state index contributed by atoms with van der Waals surface area (Å²) in [6, 6.07) is 32.3. The Balaban J connectivity index is 1.77. The van der Waals surface area contributed by atoms with E-state index >= 15 is 0 Å². The molecule has 4 rings (SSSR count). The van der Waals surface area contributed by atoms with Gasteiger partial charge in [-0.3, -0.25) is 0 Å². The van der Waals surface area contributed by atoms with E-state index in [1.807, 2.05) is 0 Å². The van der Waals surface area contributed by atoms with E-state index in [2.05, 4.69) is 97.1 Å². The highest BCUT2D eigenvalue weighted by atomic mass is 16.5. The van der Waals surface area contributed by atoms with Crippen molar-refractivity contribution in [2.75, 3.05) is 13.2 Å². The molecule has 3 aromatic carbocycles. The van der Waals surface area contributed by atoms with Gasteiger partial charge in [0.05, 0.1) is 13.2 Å². The van der Waals surface area contributed by atoms with Gasteiger partial charge in [0, 0.05) is 11.8 Å². The highest BCUT2D eigenvalue weighted by Crippen LogP contribution is 2.40. The molecular formula is C25H24O. The van der Waals surface area contributed by atoms with Gasteiger partial charge in [0.2, 0.25) is 0 Å². The van der Waals surface area contributed by atoms with Crippen molar-refractivity contribution in [1.29, 1.82) is 0 Å². The molecular weight excluding hydrogens is 316 g/mol. The first kappa shape index (κ1) is 16.8. The Kier molecular flexibility index (Phi) is 5.27. The third kappa shape index (κ3) is 3.79. The molecule has 0 amide bonds. The average molecular weight is 340 g/mol. The van der Waals surface area contributed by atoms with Gasteiger partial charge in [-0.1, -0.05) is 103 Å². The molecule has 130 valence electrons. The lowest BCUT2D eigenvalue weighted by molar-refractivity contribution is 0.0797. The summed E-state index contributed by atoms with van der Waals surface area (Å²) in [5.41, 5.74) is 5.47. The second kappa shape index (κ2) is 8.16. The third-order valence-electron chi connectivity index (χ3n) is 5.18. The van der Waals surface area contributed by atoms with Gasteiger partial charge in [0.1, 0.15) is 0 Å². The third-order valence-corrected chi connectivity index (χ3v) is 5.18. The summed E-state index contributed by atoms with van der Waals surface area (Å²) in [5, 5.41) is 0. The van der Waals surface area contributed by atoms with Crippen LogP contribution in [0.5, 0.6) is 0 Å².